The predicted octanol–water partition coefficient (Wildman–Crippen LogP) is 3.16. The Morgan fingerprint density at radius 1 is 1.25 bits per heavy atom. The number of alkyl halides is 1. The quantitative estimate of drug-likeness (QED) is 0.353. The van der Waals surface area contributed by atoms with Crippen LogP contribution in [0.5, 0.6) is 0 Å². The molecule has 0 saturated heterocycles. The van der Waals surface area contributed by atoms with Crippen LogP contribution in [0, 0.1) is 5.92 Å². The van der Waals surface area contributed by atoms with Crippen molar-refractivity contribution in [1.82, 2.24) is 0 Å². The summed E-state index contributed by atoms with van der Waals surface area (Å²) < 4.78 is 10.4. The first-order chi connectivity index (χ1) is 7.76. The van der Waals surface area contributed by atoms with Crippen LogP contribution >= 0.6 is 15.9 Å². The average Bonchev–Trinajstić information content (AvgIpc) is 2.30. The molecular weight excluding hydrogens is 272 g/mol. The van der Waals surface area contributed by atoms with Gasteiger partial charge in [0.2, 0.25) is 0 Å². The molecule has 0 saturated carbocycles. The molecule has 0 heterocycles. The van der Waals surface area contributed by atoms with Crippen molar-refractivity contribution in [3.63, 3.8) is 0 Å². The number of ether oxygens (including phenoxy) is 2. The summed E-state index contributed by atoms with van der Waals surface area (Å²) in [5.41, 5.74) is 0. The maximum atomic E-state index is 11.6. The molecule has 0 aromatic carbocycles. The van der Waals surface area contributed by atoms with Gasteiger partial charge in [-0.25, -0.2) is 0 Å². The van der Waals surface area contributed by atoms with Gasteiger partial charge in [-0.05, 0) is 12.8 Å². The third kappa shape index (κ3) is 8.11. The van der Waals surface area contributed by atoms with Crippen molar-refractivity contribution in [3.8, 4) is 0 Å². The van der Waals surface area contributed by atoms with E-state index in [1.165, 1.54) is 0 Å². The number of esters is 1. The molecule has 0 aliphatic carbocycles. The zero-order valence-corrected chi connectivity index (χ0v) is 11.9. The number of rotatable bonds is 10. The summed E-state index contributed by atoms with van der Waals surface area (Å²) in [5, 5.41) is 0.815. The smallest absolute Gasteiger partial charge is 0.308 e. The molecule has 0 rings (SSSR count). The van der Waals surface area contributed by atoms with Crippen molar-refractivity contribution in [1.29, 1.82) is 0 Å². The summed E-state index contributed by atoms with van der Waals surface area (Å²) in [5.74, 6) is -0.00508. The molecule has 0 aromatic heterocycles. The van der Waals surface area contributed by atoms with E-state index >= 15 is 0 Å². The monoisotopic (exact) mass is 294 g/mol. The number of unbranched alkanes of at least 4 members (excludes halogenated alkanes) is 1. The van der Waals surface area contributed by atoms with E-state index in [0.29, 0.717) is 19.8 Å². The lowest BCUT2D eigenvalue weighted by Crippen LogP contribution is -2.19. The molecule has 16 heavy (non-hydrogen) atoms. The Bertz CT molecular complexity index is 174. The van der Waals surface area contributed by atoms with Gasteiger partial charge in [0.25, 0.3) is 0 Å². The van der Waals surface area contributed by atoms with E-state index in [1.54, 1.807) is 0 Å². The Kier molecular flexibility index (Phi) is 11.3. The van der Waals surface area contributed by atoms with Gasteiger partial charge in [0, 0.05) is 5.33 Å². The fourth-order valence-electron chi connectivity index (χ4n) is 1.41. The maximum absolute atomic E-state index is 11.6. The van der Waals surface area contributed by atoms with Gasteiger partial charge in [0.1, 0.15) is 6.61 Å². The number of carbonyl (C=O) groups is 1. The molecule has 1 atom stereocenters. The highest BCUT2D eigenvalue weighted by Crippen LogP contribution is 2.14. The summed E-state index contributed by atoms with van der Waals surface area (Å²) in [7, 11) is 0. The lowest BCUT2D eigenvalue weighted by molar-refractivity contribution is -0.150. The van der Waals surface area contributed by atoms with Gasteiger partial charge in [-0.2, -0.15) is 0 Å². The van der Waals surface area contributed by atoms with Gasteiger partial charge in [-0.3, -0.25) is 4.79 Å². The van der Waals surface area contributed by atoms with E-state index in [1.807, 2.05) is 6.92 Å². The fourth-order valence-corrected chi connectivity index (χ4v) is 1.64. The van der Waals surface area contributed by atoms with Crippen LogP contribution in [0.2, 0.25) is 0 Å². The first-order valence-electron chi connectivity index (χ1n) is 6.06. The van der Waals surface area contributed by atoms with Crippen molar-refractivity contribution in [3.05, 3.63) is 0 Å². The van der Waals surface area contributed by atoms with Crippen LogP contribution in [-0.2, 0) is 14.3 Å². The van der Waals surface area contributed by atoms with E-state index < -0.39 is 0 Å². The molecular formula is C12H23BrO3. The minimum absolute atomic E-state index is 0.0659. The van der Waals surface area contributed by atoms with Gasteiger partial charge < -0.3 is 9.47 Å². The molecule has 1 unspecified atom stereocenters. The third-order valence-corrected chi connectivity index (χ3v) is 2.75. The zero-order chi connectivity index (χ0) is 12.2. The van der Waals surface area contributed by atoms with E-state index in [-0.39, 0.29) is 11.9 Å². The lowest BCUT2D eigenvalue weighted by Gasteiger charge is -2.13. The van der Waals surface area contributed by atoms with E-state index in [2.05, 4.69) is 22.9 Å². The first kappa shape index (κ1) is 15.9. The number of hydrogen-bond donors (Lipinski definition) is 0. The highest BCUT2D eigenvalue weighted by atomic mass is 79.9. The highest BCUT2D eigenvalue weighted by Gasteiger charge is 2.16. The van der Waals surface area contributed by atoms with Crippen LogP contribution in [0.25, 0.3) is 0 Å². The normalized spacial score (nSPS) is 12.4. The predicted molar refractivity (Wildman–Crippen MR) is 68.9 cm³/mol. The molecule has 0 N–H and O–H groups in total. The number of carbonyl (C=O) groups excluding carboxylic acids is 1. The standard InChI is InChI=1S/C12H23BrO3/c1-3-5-6-11(4-2)12(14)16-10-9-15-8-7-13/h11H,3-10H2,1-2H3. The van der Waals surface area contributed by atoms with Gasteiger partial charge in [-0.1, -0.05) is 42.6 Å². The summed E-state index contributed by atoms with van der Waals surface area (Å²) in [6, 6.07) is 0. The Morgan fingerprint density at radius 3 is 2.56 bits per heavy atom. The summed E-state index contributed by atoms with van der Waals surface area (Å²) in [6.07, 6.45) is 4.01. The first-order valence-corrected chi connectivity index (χ1v) is 7.18. The molecule has 0 amide bonds. The molecule has 3 nitrogen and oxygen atoms in total. The van der Waals surface area contributed by atoms with Crippen molar-refractivity contribution >= 4 is 21.9 Å². The molecule has 0 fully saturated rings. The number of hydrogen-bond acceptors (Lipinski definition) is 3. The van der Waals surface area contributed by atoms with Gasteiger partial charge in [-0.15, -0.1) is 0 Å². The van der Waals surface area contributed by atoms with Crippen molar-refractivity contribution in [2.24, 2.45) is 5.92 Å². The van der Waals surface area contributed by atoms with Crippen LogP contribution in [-0.4, -0.2) is 31.1 Å². The molecule has 0 aliphatic heterocycles. The van der Waals surface area contributed by atoms with Crippen LogP contribution in [0.15, 0.2) is 0 Å². The molecule has 0 spiro atoms. The Hall–Kier alpha value is -0.0900. The van der Waals surface area contributed by atoms with Crippen molar-refractivity contribution in [2.75, 3.05) is 25.2 Å². The minimum Gasteiger partial charge on any atom is -0.463 e. The van der Waals surface area contributed by atoms with Crippen LogP contribution in [0.1, 0.15) is 39.5 Å². The lowest BCUT2D eigenvalue weighted by atomic mass is 10.00. The Labute approximate surface area is 107 Å². The van der Waals surface area contributed by atoms with Gasteiger partial charge >= 0.3 is 5.97 Å². The zero-order valence-electron chi connectivity index (χ0n) is 10.3. The van der Waals surface area contributed by atoms with Gasteiger partial charge in [0.05, 0.1) is 19.1 Å². The molecule has 0 radical (unpaired) electrons. The van der Waals surface area contributed by atoms with Gasteiger partial charge in [0.15, 0.2) is 0 Å². The van der Waals surface area contributed by atoms with Crippen molar-refractivity contribution < 1.29 is 14.3 Å². The second-order valence-corrected chi connectivity index (χ2v) is 4.51. The number of halogens is 1. The molecule has 4 heteroatoms. The largest absolute Gasteiger partial charge is 0.463 e. The average molecular weight is 295 g/mol. The van der Waals surface area contributed by atoms with E-state index in [9.17, 15) is 4.79 Å². The molecule has 0 aromatic rings. The second-order valence-electron chi connectivity index (χ2n) is 3.72. The summed E-state index contributed by atoms with van der Waals surface area (Å²) in [4.78, 5) is 11.6. The Morgan fingerprint density at radius 2 is 2.00 bits per heavy atom. The topological polar surface area (TPSA) is 35.5 Å². The van der Waals surface area contributed by atoms with E-state index in [4.69, 9.17) is 9.47 Å². The minimum atomic E-state index is -0.0709. The molecule has 0 aliphatic rings. The fraction of sp³-hybridized carbons (Fsp3) is 0.917. The van der Waals surface area contributed by atoms with E-state index in [0.717, 1.165) is 31.0 Å². The third-order valence-electron chi connectivity index (χ3n) is 2.43. The summed E-state index contributed by atoms with van der Waals surface area (Å²) in [6.45, 7) is 5.68. The maximum Gasteiger partial charge on any atom is 0.308 e. The highest BCUT2D eigenvalue weighted by molar-refractivity contribution is 9.09. The van der Waals surface area contributed by atoms with Crippen LogP contribution in [0.3, 0.4) is 0 Å². The second kappa shape index (κ2) is 11.4. The van der Waals surface area contributed by atoms with Crippen molar-refractivity contribution in [2.45, 2.75) is 39.5 Å². The summed E-state index contributed by atoms with van der Waals surface area (Å²) >= 11 is 3.26. The SMILES string of the molecule is CCCCC(CC)C(=O)OCCOCCBr. The van der Waals surface area contributed by atoms with Crippen LogP contribution < -0.4 is 0 Å². The molecule has 96 valence electrons. The Balaban J connectivity index is 3.58. The van der Waals surface area contributed by atoms with Crippen LogP contribution in [0.4, 0.5) is 0 Å². The molecule has 0 bridgehead atoms.